The van der Waals surface area contributed by atoms with E-state index >= 15 is 0 Å². The first kappa shape index (κ1) is 35.9. The number of benzene rings is 9. The van der Waals surface area contributed by atoms with Gasteiger partial charge in [-0.15, -0.1) is 11.3 Å². The molecule has 5 heteroatoms. The number of hydrogen-bond acceptors (Lipinski definition) is 4. The van der Waals surface area contributed by atoms with E-state index in [1.54, 1.807) is 0 Å². The topological polar surface area (TPSA) is 43.6 Å². The van der Waals surface area contributed by atoms with Gasteiger partial charge in [-0.1, -0.05) is 176 Å². The first-order chi connectivity index (χ1) is 30.7. The molecule has 0 aliphatic heterocycles. The van der Waals surface area contributed by atoms with Crippen LogP contribution >= 0.6 is 11.3 Å². The van der Waals surface area contributed by atoms with Crippen molar-refractivity contribution in [3.8, 4) is 73.2 Å². The van der Waals surface area contributed by atoms with Gasteiger partial charge < -0.3 is 4.57 Å². The van der Waals surface area contributed by atoms with Gasteiger partial charge in [0.15, 0.2) is 17.5 Å². The molecule has 62 heavy (non-hydrogen) atoms. The molecule has 0 saturated carbocycles. The maximum Gasteiger partial charge on any atom is 0.166 e. The summed E-state index contributed by atoms with van der Waals surface area (Å²) in [4.78, 5) is 15.8. The maximum atomic E-state index is 5.35. The molecule has 0 N–H and O–H groups in total. The Kier molecular flexibility index (Phi) is 8.65. The number of aromatic nitrogens is 4. The fraction of sp³-hybridized carbons (Fsp3) is 0. The highest BCUT2D eigenvalue weighted by atomic mass is 32.1. The molecule has 3 heterocycles. The van der Waals surface area contributed by atoms with Crippen molar-refractivity contribution in [1.29, 1.82) is 0 Å². The second-order valence-electron chi connectivity index (χ2n) is 15.6. The molecule has 0 radical (unpaired) electrons. The third kappa shape index (κ3) is 6.18. The van der Waals surface area contributed by atoms with Gasteiger partial charge in [0.25, 0.3) is 0 Å². The van der Waals surface area contributed by atoms with E-state index < -0.39 is 0 Å². The third-order valence-electron chi connectivity index (χ3n) is 11.9. The second kappa shape index (κ2) is 14.9. The zero-order valence-corrected chi connectivity index (χ0v) is 34.3. The van der Waals surface area contributed by atoms with E-state index in [2.05, 4.69) is 205 Å². The summed E-state index contributed by atoms with van der Waals surface area (Å²) in [6.45, 7) is 0. The molecule has 12 aromatic rings. The van der Waals surface area contributed by atoms with Gasteiger partial charge in [0, 0.05) is 47.6 Å². The lowest BCUT2D eigenvalue weighted by Gasteiger charge is -2.16. The van der Waals surface area contributed by atoms with Gasteiger partial charge in [0.2, 0.25) is 0 Å². The fourth-order valence-electron chi connectivity index (χ4n) is 8.92. The molecule has 12 rings (SSSR count). The van der Waals surface area contributed by atoms with Crippen molar-refractivity contribution in [2.45, 2.75) is 0 Å². The van der Waals surface area contributed by atoms with Crippen LogP contribution in [-0.2, 0) is 0 Å². The molecule has 3 aromatic heterocycles. The van der Waals surface area contributed by atoms with Crippen molar-refractivity contribution in [1.82, 2.24) is 19.5 Å². The Morgan fingerprint density at radius 3 is 1.53 bits per heavy atom. The van der Waals surface area contributed by atoms with Crippen LogP contribution in [0.1, 0.15) is 0 Å². The van der Waals surface area contributed by atoms with Crippen molar-refractivity contribution < 1.29 is 0 Å². The molecule has 0 atom stereocenters. The number of thiophene rings is 1. The molecule has 4 nitrogen and oxygen atoms in total. The quantitative estimate of drug-likeness (QED) is 0.161. The van der Waals surface area contributed by atoms with Crippen LogP contribution in [0.25, 0.3) is 115 Å². The first-order valence-corrected chi connectivity index (χ1v) is 21.7. The molecule has 0 aliphatic rings. The highest BCUT2D eigenvalue weighted by Crippen LogP contribution is 2.42. The SMILES string of the molecule is c1ccc(-c2ccc(-c3nc(-c4ccccc4)nc(-c4cccc(-c5cccc(-c6cccc7c6sc6ccccc67)c5)c4)n3)c(-n3c4ccccc4c4ccccc43)c2)cc1. The van der Waals surface area contributed by atoms with Gasteiger partial charge in [-0.05, 0) is 75.8 Å². The standard InChI is InChI=1S/C57H36N4S/c1-3-16-37(17-4-1)41-32-33-49(52(36-41)61-50-29-10-7-24-45(50)46-25-8-11-30-51(46)61)57-59-55(38-18-5-2-6-19-38)58-56(60-57)43-23-14-21-40(35-43)39-20-13-22-42(34-39)44-27-15-28-48-47-26-9-12-31-53(47)62-54(44)48/h1-36H. The van der Waals surface area contributed by atoms with Crippen molar-refractivity contribution >= 4 is 53.3 Å². The van der Waals surface area contributed by atoms with Gasteiger partial charge in [0.1, 0.15) is 0 Å². The third-order valence-corrected chi connectivity index (χ3v) is 13.1. The number of rotatable bonds is 7. The minimum atomic E-state index is 0.606. The van der Waals surface area contributed by atoms with Gasteiger partial charge >= 0.3 is 0 Å². The molecular weight excluding hydrogens is 773 g/mol. The van der Waals surface area contributed by atoms with Crippen LogP contribution in [0.4, 0.5) is 0 Å². The molecule has 290 valence electrons. The zero-order valence-electron chi connectivity index (χ0n) is 33.5. The van der Waals surface area contributed by atoms with Crippen molar-refractivity contribution in [2.75, 3.05) is 0 Å². The van der Waals surface area contributed by atoms with Crippen molar-refractivity contribution in [3.63, 3.8) is 0 Å². The lowest BCUT2D eigenvalue weighted by Crippen LogP contribution is -2.04. The molecule has 0 aliphatic carbocycles. The van der Waals surface area contributed by atoms with Gasteiger partial charge in [0.05, 0.1) is 16.7 Å². The second-order valence-corrected chi connectivity index (χ2v) is 16.6. The van der Waals surface area contributed by atoms with Gasteiger partial charge in [-0.3, -0.25) is 0 Å². The summed E-state index contributed by atoms with van der Waals surface area (Å²) in [5, 5.41) is 4.99. The summed E-state index contributed by atoms with van der Waals surface area (Å²) in [7, 11) is 0. The molecule has 0 saturated heterocycles. The van der Waals surface area contributed by atoms with E-state index in [0.29, 0.717) is 17.5 Å². The van der Waals surface area contributed by atoms with Crippen LogP contribution in [0.5, 0.6) is 0 Å². The van der Waals surface area contributed by atoms with Crippen LogP contribution in [0.3, 0.4) is 0 Å². The maximum absolute atomic E-state index is 5.35. The molecule has 9 aromatic carbocycles. The highest BCUT2D eigenvalue weighted by Gasteiger charge is 2.21. The number of fused-ring (bicyclic) bond motifs is 6. The summed E-state index contributed by atoms with van der Waals surface area (Å²) in [6, 6.07) is 77.4. The Hall–Kier alpha value is -7.99. The number of para-hydroxylation sites is 2. The average molecular weight is 809 g/mol. The van der Waals surface area contributed by atoms with E-state index in [4.69, 9.17) is 15.0 Å². The normalized spacial score (nSPS) is 11.5. The van der Waals surface area contributed by atoms with Crippen molar-refractivity contribution in [3.05, 3.63) is 218 Å². The smallest absolute Gasteiger partial charge is 0.166 e. The Morgan fingerprint density at radius 1 is 0.306 bits per heavy atom. The van der Waals surface area contributed by atoms with E-state index in [1.165, 1.54) is 42.1 Å². The summed E-state index contributed by atoms with van der Waals surface area (Å²) >= 11 is 1.86. The Labute approximate surface area is 362 Å². The van der Waals surface area contributed by atoms with Crippen LogP contribution in [-0.4, -0.2) is 19.5 Å². The Balaban J connectivity index is 1.03. The monoisotopic (exact) mass is 808 g/mol. The zero-order chi connectivity index (χ0) is 41.0. The first-order valence-electron chi connectivity index (χ1n) is 20.8. The van der Waals surface area contributed by atoms with Crippen LogP contribution in [0.2, 0.25) is 0 Å². The molecule has 0 amide bonds. The van der Waals surface area contributed by atoms with E-state index in [9.17, 15) is 0 Å². The van der Waals surface area contributed by atoms with E-state index in [0.717, 1.165) is 55.7 Å². The van der Waals surface area contributed by atoms with Crippen LogP contribution in [0.15, 0.2) is 218 Å². The molecule has 0 bridgehead atoms. The average Bonchev–Trinajstić information content (AvgIpc) is 3.90. The molecule has 0 spiro atoms. The Bertz CT molecular complexity index is 3590. The van der Waals surface area contributed by atoms with E-state index in [-0.39, 0.29) is 0 Å². The summed E-state index contributed by atoms with van der Waals surface area (Å²) in [5.74, 6) is 1.84. The Morgan fingerprint density at radius 2 is 0.806 bits per heavy atom. The van der Waals surface area contributed by atoms with E-state index in [1.807, 2.05) is 29.5 Å². The summed E-state index contributed by atoms with van der Waals surface area (Å²) < 4.78 is 4.98. The minimum absolute atomic E-state index is 0.606. The lowest BCUT2D eigenvalue weighted by molar-refractivity contribution is 1.06. The predicted octanol–water partition coefficient (Wildman–Crippen LogP) is 15.3. The summed E-state index contributed by atoms with van der Waals surface area (Å²) in [6.07, 6.45) is 0. The van der Waals surface area contributed by atoms with Crippen LogP contribution < -0.4 is 0 Å². The van der Waals surface area contributed by atoms with Gasteiger partial charge in [-0.2, -0.15) is 0 Å². The van der Waals surface area contributed by atoms with Crippen molar-refractivity contribution in [2.24, 2.45) is 0 Å². The molecule has 0 unspecified atom stereocenters. The lowest BCUT2D eigenvalue weighted by atomic mass is 9.97. The van der Waals surface area contributed by atoms with Gasteiger partial charge in [-0.25, -0.2) is 15.0 Å². The predicted molar refractivity (Wildman–Crippen MR) is 260 cm³/mol. The fourth-order valence-corrected chi connectivity index (χ4v) is 10.2. The molecular formula is C57H36N4S. The number of nitrogens with zero attached hydrogens (tertiary/aromatic N) is 4. The molecule has 0 fully saturated rings. The summed E-state index contributed by atoms with van der Waals surface area (Å²) in [5.41, 5.74) is 12.9. The minimum Gasteiger partial charge on any atom is -0.308 e. The largest absolute Gasteiger partial charge is 0.308 e. The number of hydrogen-bond donors (Lipinski definition) is 0. The highest BCUT2D eigenvalue weighted by molar-refractivity contribution is 7.26. The van der Waals surface area contributed by atoms with Crippen LogP contribution in [0, 0.1) is 0 Å².